The molecule has 1 N–H and O–H groups in total. The molecule has 0 aliphatic carbocycles. The molecule has 1 fully saturated rings. The van der Waals surface area contributed by atoms with E-state index in [4.69, 9.17) is 0 Å². The number of likely N-dealkylation sites (tertiary alicyclic amines) is 1. The van der Waals surface area contributed by atoms with Crippen LogP contribution in [-0.2, 0) is 0 Å². The number of hydrogen-bond donors (Lipinski definition) is 1. The number of benzene rings is 2. The van der Waals surface area contributed by atoms with Crippen LogP contribution in [0, 0.1) is 12.8 Å². The van der Waals surface area contributed by atoms with E-state index >= 15 is 0 Å². The van der Waals surface area contributed by atoms with E-state index in [-0.39, 0.29) is 0 Å². The van der Waals surface area contributed by atoms with Gasteiger partial charge in [0.1, 0.15) is 0 Å². The molecular weight excluding hydrogens is 326 g/mol. The molecule has 1 unspecified atom stereocenters. The summed E-state index contributed by atoms with van der Waals surface area (Å²) >= 11 is 0. The summed E-state index contributed by atoms with van der Waals surface area (Å²) in [6.07, 6.45) is 0.578. The molecule has 1 aliphatic rings. The monoisotopic (exact) mass is 353 g/mol. The highest BCUT2D eigenvalue weighted by Gasteiger charge is 2.32. The van der Waals surface area contributed by atoms with Gasteiger partial charge in [-0.15, -0.1) is 0 Å². The molecule has 5 nitrogen and oxygen atoms in total. The smallest absolute Gasteiger partial charge is 0.416 e. The zero-order valence-electron chi connectivity index (χ0n) is 15.9. The van der Waals surface area contributed by atoms with E-state index in [0.29, 0.717) is 23.5 Å². The summed E-state index contributed by atoms with van der Waals surface area (Å²) in [5, 5.41) is 9.70. The van der Waals surface area contributed by atoms with E-state index in [1.54, 1.807) is 12.1 Å². The molecule has 2 aromatic rings. The third-order valence-corrected chi connectivity index (χ3v) is 5.32. The van der Waals surface area contributed by atoms with Gasteiger partial charge in [0.05, 0.1) is 17.5 Å². The number of aryl methyl sites for hydroxylation is 1. The van der Waals surface area contributed by atoms with E-state index in [0.717, 1.165) is 17.8 Å². The number of rotatable bonds is 4. The first-order valence-corrected chi connectivity index (χ1v) is 9.02. The maximum absolute atomic E-state index is 11.8. The van der Waals surface area contributed by atoms with Gasteiger partial charge in [0.25, 0.3) is 0 Å². The molecule has 0 spiro atoms. The molecule has 26 heavy (non-hydrogen) atoms. The standard InChI is InChI=1S/C21H27N3O2/c1-15-12-13-22(3)20(15)23(4)19-11-10-18(14-16(19)2)24(21(25)26)17-8-6-5-7-9-17/h5-11,14-15,20H,12-13H2,1-4H3,(H,25,26)/t15-,20?/m1/s1. The van der Waals surface area contributed by atoms with E-state index in [1.807, 2.05) is 43.3 Å². The van der Waals surface area contributed by atoms with Crippen molar-refractivity contribution in [3.63, 3.8) is 0 Å². The summed E-state index contributed by atoms with van der Waals surface area (Å²) in [5.74, 6) is 0.601. The van der Waals surface area contributed by atoms with Crippen LogP contribution >= 0.6 is 0 Å². The molecule has 0 aromatic heterocycles. The molecular formula is C21H27N3O2. The Morgan fingerprint density at radius 2 is 1.85 bits per heavy atom. The molecule has 5 heteroatoms. The first-order valence-electron chi connectivity index (χ1n) is 9.02. The van der Waals surface area contributed by atoms with Gasteiger partial charge in [-0.05, 0) is 62.2 Å². The van der Waals surface area contributed by atoms with Gasteiger partial charge < -0.3 is 10.0 Å². The van der Waals surface area contributed by atoms with E-state index in [1.165, 1.54) is 11.3 Å². The Labute approximate surface area is 155 Å². The molecule has 1 amide bonds. The lowest BCUT2D eigenvalue weighted by molar-refractivity contribution is 0.205. The van der Waals surface area contributed by atoms with Crippen LogP contribution in [0.5, 0.6) is 0 Å². The van der Waals surface area contributed by atoms with Gasteiger partial charge in [-0.3, -0.25) is 4.90 Å². The average Bonchev–Trinajstić information content (AvgIpc) is 2.94. The molecule has 3 rings (SSSR count). The highest BCUT2D eigenvalue weighted by molar-refractivity contribution is 5.95. The third-order valence-electron chi connectivity index (χ3n) is 5.32. The van der Waals surface area contributed by atoms with Gasteiger partial charge in [0, 0.05) is 19.3 Å². The van der Waals surface area contributed by atoms with Crippen molar-refractivity contribution in [2.75, 3.05) is 30.4 Å². The summed E-state index contributed by atoms with van der Waals surface area (Å²) in [7, 11) is 4.28. The highest BCUT2D eigenvalue weighted by Crippen LogP contribution is 2.33. The van der Waals surface area contributed by atoms with Gasteiger partial charge in [0.15, 0.2) is 0 Å². The highest BCUT2D eigenvalue weighted by atomic mass is 16.4. The molecule has 2 aromatic carbocycles. The number of para-hydroxylation sites is 1. The molecule has 0 radical (unpaired) electrons. The normalized spacial score (nSPS) is 20.2. The lowest BCUT2D eigenvalue weighted by Gasteiger charge is -2.35. The Morgan fingerprint density at radius 3 is 2.38 bits per heavy atom. The second-order valence-corrected chi connectivity index (χ2v) is 7.20. The van der Waals surface area contributed by atoms with Crippen molar-refractivity contribution >= 4 is 23.2 Å². The molecule has 0 saturated carbocycles. The molecule has 2 atom stereocenters. The maximum atomic E-state index is 11.8. The minimum Gasteiger partial charge on any atom is -0.464 e. The molecule has 1 saturated heterocycles. The van der Waals surface area contributed by atoms with Crippen LogP contribution in [0.4, 0.5) is 21.9 Å². The second kappa shape index (κ2) is 7.38. The Balaban J connectivity index is 1.93. The lowest BCUT2D eigenvalue weighted by atomic mass is 10.1. The van der Waals surface area contributed by atoms with Crippen LogP contribution in [0.3, 0.4) is 0 Å². The number of hydrogen-bond acceptors (Lipinski definition) is 3. The van der Waals surface area contributed by atoms with Crippen molar-refractivity contribution in [2.24, 2.45) is 5.92 Å². The van der Waals surface area contributed by atoms with Crippen LogP contribution in [-0.4, -0.2) is 42.9 Å². The van der Waals surface area contributed by atoms with Crippen LogP contribution in [0.1, 0.15) is 18.9 Å². The number of amides is 1. The van der Waals surface area contributed by atoms with Gasteiger partial charge in [0.2, 0.25) is 0 Å². The van der Waals surface area contributed by atoms with E-state index in [2.05, 4.69) is 30.8 Å². The van der Waals surface area contributed by atoms with Crippen molar-refractivity contribution in [3.05, 3.63) is 54.1 Å². The van der Waals surface area contributed by atoms with Gasteiger partial charge >= 0.3 is 6.09 Å². The quantitative estimate of drug-likeness (QED) is 0.876. The van der Waals surface area contributed by atoms with Crippen LogP contribution in [0.2, 0.25) is 0 Å². The first-order chi connectivity index (χ1) is 12.4. The predicted molar refractivity (Wildman–Crippen MR) is 106 cm³/mol. The topological polar surface area (TPSA) is 47.0 Å². The SMILES string of the molecule is Cc1cc(N(C(=O)O)c2ccccc2)ccc1N(C)C1[C@H](C)CCN1C. The van der Waals surface area contributed by atoms with Crippen LogP contribution in [0.25, 0.3) is 0 Å². The molecule has 138 valence electrons. The summed E-state index contributed by atoms with van der Waals surface area (Å²) in [6, 6.07) is 15.0. The number of carboxylic acid groups (broad SMARTS) is 1. The van der Waals surface area contributed by atoms with Crippen molar-refractivity contribution in [3.8, 4) is 0 Å². The van der Waals surface area contributed by atoms with Gasteiger partial charge in [-0.2, -0.15) is 0 Å². The maximum Gasteiger partial charge on any atom is 0.416 e. The van der Waals surface area contributed by atoms with Crippen LogP contribution < -0.4 is 9.80 Å². The summed E-state index contributed by atoms with van der Waals surface area (Å²) in [6.45, 7) is 5.43. The fourth-order valence-corrected chi connectivity index (χ4v) is 4.06. The lowest BCUT2D eigenvalue weighted by Crippen LogP contribution is -2.43. The predicted octanol–water partition coefficient (Wildman–Crippen LogP) is 4.55. The van der Waals surface area contributed by atoms with Crippen molar-refractivity contribution in [2.45, 2.75) is 26.4 Å². The van der Waals surface area contributed by atoms with Crippen molar-refractivity contribution < 1.29 is 9.90 Å². The summed E-state index contributed by atoms with van der Waals surface area (Å²) < 4.78 is 0. The molecule has 1 heterocycles. The summed E-state index contributed by atoms with van der Waals surface area (Å²) in [4.78, 5) is 17.8. The Bertz CT molecular complexity index is 768. The minimum atomic E-state index is -0.985. The van der Waals surface area contributed by atoms with Crippen molar-refractivity contribution in [1.82, 2.24) is 4.90 Å². The fourth-order valence-electron chi connectivity index (χ4n) is 4.06. The van der Waals surface area contributed by atoms with E-state index in [9.17, 15) is 9.90 Å². The molecule has 0 bridgehead atoms. The zero-order valence-corrected chi connectivity index (χ0v) is 15.9. The zero-order chi connectivity index (χ0) is 18.8. The molecule has 1 aliphatic heterocycles. The van der Waals surface area contributed by atoms with Crippen molar-refractivity contribution in [1.29, 1.82) is 0 Å². The first kappa shape index (κ1) is 18.3. The largest absolute Gasteiger partial charge is 0.464 e. The number of anilines is 3. The Kier molecular flexibility index (Phi) is 5.18. The Morgan fingerprint density at radius 1 is 1.15 bits per heavy atom. The summed E-state index contributed by atoms with van der Waals surface area (Å²) in [5.41, 5.74) is 3.51. The van der Waals surface area contributed by atoms with E-state index < -0.39 is 6.09 Å². The minimum absolute atomic E-state index is 0.365. The number of carbonyl (C=O) groups is 1. The third kappa shape index (κ3) is 3.40. The average molecular weight is 353 g/mol. The van der Waals surface area contributed by atoms with Gasteiger partial charge in [-0.25, -0.2) is 9.69 Å². The second-order valence-electron chi connectivity index (χ2n) is 7.20. The van der Waals surface area contributed by atoms with Crippen LogP contribution in [0.15, 0.2) is 48.5 Å². The fraction of sp³-hybridized carbons (Fsp3) is 0.381. The Hall–Kier alpha value is -2.53. The number of nitrogens with zero attached hydrogens (tertiary/aromatic N) is 3. The van der Waals surface area contributed by atoms with Gasteiger partial charge in [-0.1, -0.05) is 25.1 Å².